The number of carbonyl (C=O) groups excluding carboxylic acids is 3. The molecule has 4 heterocycles. The van der Waals surface area contributed by atoms with Crippen LogP contribution in [-0.2, 0) is 4.74 Å². The number of fused-ring (bicyclic) bond motifs is 1. The molecule has 2 N–H and O–H groups in total. The van der Waals surface area contributed by atoms with E-state index in [4.69, 9.17) is 4.74 Å². The predicted molar refractivity (Wildman–Crippen MR) is 207 cm³/mol. The monoisotopic (exact) mass is 704 g/mol. The van der Waals surface area contributed by atoms with Gasteiger partial charge < -0.3 is 20.3 Å². The number of anilines is 2. The topological polar surface area (TPSA) is 101 Å². The molecular formula is C42H48N4O4S. The number of benzene rings is 2. The number of para-hydroxylation sites is 1. The minimum absolute atomic E-state index is 0.0134. The molecule has 0 bridgehead atoms. The van der Waals surface area contributed by atoms with Crippen molar-refractivity contribution in [1.82, 2.24) is 10.3 Å². The fraction of sp³-hybridized carbons (Fsp3) is 0.381. The highest BCUT2D eigenvalue weighted by atomic mass is 32.1. The Bertz CT molecular complexity index is 1900. The summed E-state index contributed by atoms with van der Waals surface area (Å²) in [5.41, 5.74) is 6.77. The van der Waals surface area contributed by atoms with Crippen LogP contribution in [0.25, 0.3) is 11.6 Å². The molecule has 1 aliphatic carbocycles. The summed E-state index contributed by atoms with van der Waals surface area (Å²) >= 11 is 1.49. The number of pyridine rings is 1. The molecule has 0 atom stereocenters. The summed E-state index contributed by atoms with van der Waals surface area (Å²) in [6.07, 6.45) is 11.8. The number of thiophene rings is 1. The molecule has 266 valence electrons. The van der Waals surface area contributed by atoms with Gasteiger partial charge in [0.2, 0.25) is 0 Å². The van der Waals surface area contributed by atoms with Crippen molar-refractivity contribution in [1.29, 1.82) is 0 Å². The van der Waals surface area contributed by atoms with Gasteiger partial charge in [0.25, 0.3) is 17.7 Å². The van der Waals surface area contributed by atoms with Crippen LogP contribution < -0.4 is 15.5 Å². The zero-order valence-corrected chi connectivity index (χ0v) is 30.9. The van der Waals surface area contributed by atoms with Gasteiger partial charge >= 0.3 is 0 Å². The molecule has 0 radical (unpaired) electrons. The molecule has 1 saturated heterocycles. The summed E-state index contributed by atoms with van der Waals surface area (Å²) in [5, 5.41) is 5.96. The summed E-state index contributed by atoms with van der Waals surface area (Å²) in [7, 11) is 0. The molecule has 3 amide bonds. The Morgan fingerprint density at radius 2 is 1.67 bits per heavy atom. The first-order chi connectivity index (χ1) is 24.7. The van der Waals surface area contributed by atoms with Crippen molar-refractivity contribution in [3.8, 4) is 0 Å². The number of aryl methyl sites for hydroxylation is 2. The van der Waals surface area contributed by atoms with Gasteiger partial charge in [0.1, 0.15) is 0 Å². The van der Waals surface area contributed by atoms with Crippen LogP contribution in [0.1, 0.15) is 111 Å². The van der Waals surface area contributed by atoms with Crippen molar-refractivity contribution in [2.75, 3.05) is 30.0 Å². The summed E-state index contributed by atoms with van der Waals surface area (Å²) in [5.74, 6) is -0.362. The van der Waals surface area contributed by atoms with E-state index in [0.29, 0.717) is 51.8 Å². The first-order valence-corrected chi connectivity index (χ1v) is 18.9. The number of hydrogen-bond donors (Lipinski definition) is 2. The van der Waals surface area contributed by atoms with Gasteiger partial charge in [-0.25, -0.2) is 0 Å². The van der Waals surface area contributed by atoms with Crippen molar-refractivity contribution in [3.05, 3.63) is 111 Å². The van der Waals surface area contributed by atoms with E-state index < -0.39 is 0 Å². The van der Waals surface area contributed by atoms with Gasteiger partial charge in [-0.1, -0.05) is 44.9 Å². The summed E-state index contributed by atoms with van der Waals surface area (Å²) in [6.45, 7) is 10.8. The van der Waals surface area contributed by atoms with Gasteiger partial charge in [0, 0.05) is 53.8 Å². The number of ether oxygens (including phenoxy) is 1. The lowest BCUT2D eigenvalue weighted by atomic mass is 9.76. The second-order valence-electron chi connectivity index (χ2n) is 13.8. The first kappa shape index (κ1) is 36.2. The molecule has 2 fully saturated rings. The molecule has 2 aromatic heterocycles. The molecule has 51 heavy (non-hydrogen) atoms. The third kappa shape index (κ3) is 8.83. The van der Waals surface area contributed by atoms with Crippen LogP contribution in [0, 0.1) is 19.3 Å². The van der Waals surface area contributed by atoms with Crippen molar-refractivity contribution in [3.63, 3.8) is 0 Å². The third-order valence-electron chi connectivity index (χ3n) is 10.4. The summed E-state index contributed by atoms with van der Waals surface area (Å²) in [6, 6.07) is 20.9. The number of nitrogens with one attached hydrogen (secondary N) is 2. The minimum atomic E-state index is -0.236. The van der Waals surface area contributed by atoms with Gasteiger partial charge in [-0.3, -0.25) is 19.4 Å². The lowest BCUT2D eigenvalue weighted by Gasteiger charge is -2.35. The first-order valence-electron chi connectivity index (χ1n) is 18.1. The van der Waals surface area contributed by atoms with E-state index in [1.807, 2.05) is 54.3 Å². The van der Waals surface area contributed by atoms with Gasteiger partial charge in [0.15, 0.2) is 0 Å². The van der Waals surface area contributed by atoms with Crippen molar-refractivity contribution in [2.45, 2.75) is 78.7 Å². The van der Waals surface area contributed by atoms with Gasteiger partial charge in [-0.15, -0.1) is 11.3 Å². The molecule has 4 aromatic rings. The number of rotatable bonds is 8. The molecule has 0 unspecified atom stereocenters. The van der Waals surface area contributed by atoms with E-state index >= 15 is 0 Å². The molecule has 2 aromatic carbocycles. The SMILES string of the molecule is CCC1(CC)CCOCC1.Cc1cnc(C)c(C(=O)Nc2ccc(C(=O)N3CCC(c4ccc(C(=O)NC5CC5)s4)=Cc4ccccc43)cc2)c1. The van der Waals surface area contributed by atoms with Crippen LogP contribution in [0.2, 0.25) is 0 Å². The van der Waals surface area contributed by atoms with E-state index in [1.165, 1.54) is 37.0 Å². The molecule has 0 spiro atoms. The second-order valence-corrected chi connectivity index (χ2v) is 14.9. The highest BCUT2D eigenvalue weighted by molar-refractivity contribution is 7.15. The van der Waals surface area contributed by atoms with E-state index in [2.05, 4.69) is 35.5 Å². The fourth-order valence-corrected chi connectivity index (χ4v) is 7.62. The van der Waals surface area contributed by atoms with Crippen molar-refractivity contribution >= 4 is 52.1 Å². The second kappa shape index (κ2) is 16.2. The zero-order valence-electron chi connectivity index (χ0n) is 30.1. The average molecular weight is 705 g/mol. The van der Waals surface area contributed by atoms with E-state index in [1.54, 1.807) is 37.4 Å². The Balaban J connectivity index is 0.000000388. The van der Waals surface area contributed by atoms with Crippen LogP contribution in [0.5, 0.6) is 0 Å². The van der Waals surface area contributed by atoms with Crippen LogP contribution in [0.3, 0.4) is 0 Å². The maximum absolute atomic E-state index is 13.8. The largest absolute Gasteiger partial charge is 0.381 e. The predicted octanol–water partition coefficient (Wildman–Crippen LogP) is 9.10. The Morgan fingerprint density at radius 3 is 2.35 bits per heavy atom. The molecule has 7 rings (SSSR count). The normalized spacial score (nSPS) is 16.5. The van der Waals surface area contributed by atoms with Crippen molar-refractivity contribution < 1.29 is 19.1 Å². The minimum Gasteiger partial charge on any atom is -0.381 e. The standard InChI is InChI=1S/C33H30N4O3S.C9H18O/c1-20-17-27(21(2)34-19-20)31(38)35-25-9-7-22(8-10-25)33(40)37-16-15-24(18-23-5-3-4-6-28(23)37)29-13-14-30(41-29)32(39)36-26-11-12-26;1-3-9(4-2)5-7-10-8-6-9/h3-10,13-14,17-19,26H,11-12,15-16H2,1-2H3,(H,35,38)(H,36,39);3-8H2,1-2H3. The molecular weight excluding hydrogens is 657 g/mol. The van der Waals surface area contributed by atoms with Crippen LogP contribution >= 0.6 is 11.3 Å². The molecule has 3 aliphatic rings. The lowest BCUT2D eigenvalue weighted by Crippen LogP contribution is -2.32. The Hall–Kier alpha value is -4.60. The summed E-state index contributed by atoms with van der Waals surface area (Å²) < 4.78 is 5.33. The number of hydrogen-bond acceptors (Lipinski definition) is 6. The van der Waals surface area contributed by atoms with Crippen LogP contribution in [-0.4, -0.2) is 48.5 Å². The van der Waals surface area contributed by atoms with Crippen LogP contribution in [0.15, 0.2) is 72.9 Å². The molecule has 1 saturated carbocycles. The van der Waals surface area contributed by atoms with E-state index in [9.17, 15) is 14.4 Å². The molecule has 8 nitrogen and oxygen atoms in total. The Morgan fingerprint density at radius 1 is 0.941 bits per heavy atom. The smallest absolute Gasteiger partial charge is 0.261 e. The maximum atomic E-state index is 13.8. The summed E-state index contributed by atoms with van der Waals surface area (Å²) in [4.78, 5) is 46.9. The van der Waals surface area contributed by atoms with Crippen molar-refractivity contribution in [2.24, 2.45) is 5.41 Å². The zero-order chi connectivity index (χ0) is 36.0. The van der Waals surface area contributed by atoms with Gasteiger partial charge in [-0.05, 0) is 123 Å². The lowest BCUT2D eigenvalue weighted by molar-refractivity contribution is 0.0105. The Labute approximate surface area is 305 Å². The third-order valence-corrected chi connectivity index (χ3v) is 11.5. The highest BCUT2D eigenvalue weighted by Crippen LogP contribution is 2.37. The van der Waals surface area contributed by atoms with E-state index in [0.717, 1.165) is 53.3 Å². The molecule has 2 aliphatic heterocycles. The highest BCUT2D eigenvalue weighted by Gasteiger charge is 2.29. The van der Waals surface area contributed by atoms with Gasteiger partial charge in [0.05, 0.1) is 16.1 Å². The number of aromatic nitrogens is 1. The quantitative estimate of drug-likeness (QED) is 0.191. The number of nitrogens with zero attached hydrogens (tertiary/aromatic N) is 2. The van der Waals surface area contributed by atoms with E-state index in [-0.39, 0.29) is 17.7 Å². The average Bonchev–Trinajstić information content (AvgIpc) is 3.88. The Kier molecular flexibility index (Phi) is 11.5. The van der Waals surface area contributed by atoms with Gasteiger partial charge in [-0.2, -0.15) is 0 Å². The molecule has 9 heteroatoms. The van der Waals surface area contributed by atoms with Crippen LogP contribution in [0.4, 0.5) is 11.4 Å². The number of carbonyl (C=O) groups is 3. The fourth-order valence-electron chi connectivity index (χ4n) is 6.67. The number of amides is 3. The maximum Gasteiger partial charge on any atom is 0.261 e.